The lowest BCUT2D eigenvalue weighted by Gasteiger charge is -2.32. The Balaban J connectivity index is 1.40. The van der Waals surface area contributed by atoms with Crippen molar-refractivity contribution in [3.63, 3.8) is 0 Å². The molecule has 6 nitrogen and oxygen atoms in total. The second kappa shape index (κ2) is 8.62. The van der Waals surface area contributed by atoms with E-state index in [1.807, 2.05) is 17.0 Å². The van der Waals surface area contributed by atoms with Gasteiger partial charge in [0.05, 0.1) is 22.7 Å². The van der Waals surface area contributed by atoms with E-state index in [0.29, 0.717) is 17.1 Å². The zero-order chi connectivity index (χ0) is 21.1. The van der Waals surface area contributed by atoms with Crippen molar-refractivity contribution in [3.8, 4) is 10.4 Å². The number of pyridine rings is 1. The Morgan fingerprint density at radius 2 is 1.93 bits per heavy atom. The van der Waals surface area contributed by atoms with E-state index in [2.05, 4.69) is 10.3 Å². The van der Waals surface area contributed by atoms with Crippen LogP contribution in [0.15, 0.2) is 54.7 Å². The minimum Gasteiger partial charge on any atom is -0.369 e. The average molecular weight is 425 g/mol. The largest absolute Gasteiger partial charge is 0.369 e. The summed E-state index contributed by atoms with van der Waals surface area (Å²) in [6, 6.07) is 13.4. The summed E-state index contributed by atoms with van der Waals surface area (Å²) in [5, 5.41) is 2.85. The summed E-state index contributed by atoms with van der Waals surface area (Å²) in [5.74, 6) is -0.198. The first kappa shape index (κ1) is 20.0. The minimum absolute atomic E-state index is 0.158. The molecule has 3 N–H and O–H groups in total. The van der Waals surface area contributed by atoms with Crippen LogP contribution in [0.5, 0.6) is 0 Å². The summed E-state index contributed by atoms with van der Waals surface area (Å²) < 4.78 is 13.1. The van der Waals surface area contributed by atoms with Gasteiger partial charge in [0.25, 0.3) is 5.91 Å². The zero-order valence-electron chi connectivity index (χ0n) is 16.2. The van der Waals surface area contributed by atoms with Crippen molar-refractivity contribution in [2.45, 2.75) is 12.8 Å². The van der Waals surface area contributed by atoms with Gasteiger partial charge in [0.1, 0.15) is 11.6 Å². The summed E-state index contributed by atoms with van der Waals surface area (Å²) in [6.07, 6.45) is 3.30. The number of aromatic nitrogens is 1. The quantitative estimate of drug-likeness (QED) is 0.650. The number of nitrogens with two attached hydrogens (primary N) is 1. The molecule has 3 heterocycles. The maximum Gasteiger partial charge on any atom is 0.265 e. The SMILES string of the molecule is NC(=O)C1CCCN(c2ccc(NC(=O)c3ccc(-c4ccc(F)cc4)s3)cn2)C1. The predicted octanol–water partition coefficient (Wildman–Crippen LogP) is 3.90. The molecular formula is C22H21FN4O2S. The van der Waals surface area contributed by atoms with Crippen LogP contribution in [0.1, 0.15) is 22.5 Å². The summed E-state index contributed by atoms with van der Waals surface area (Å²) in [4.78, 5) is 31.9. The Morgan fingerprint density at radius 1 is 1.13 bits per heavy atom. The number of nitrogens with zero attached hydrogens (tertiary/aromatic N) is 2. The second-order valence-corrected chi connectivity index (χ2v) is 8.30. The normalized spacial score (nSPS) is 16.3. The van der Waals surface area contributed by atoms with Crippen LogP contribution in [0.4, 0.5) is 15.9 Å². The van der Waals surface area contributed by atoms with Crippen LogP contribution in [0.2, 0.25) is 0 Å². The lowest BCUT2D eigenvalue weighted by Crippen LogP contribution is -2.41. The van der Waals surface area contributed by atoms with Crippen LogP contribution in [0.3, 0.4) is 0 Å². The molecule has 2 aromatic heterocycles. The van der Waals surface area contributed by atoms with Crippen LogP contribution in [0, 0.1) is 11.7 Å². The van der Waals surface area contributed by atoms with Gasteiger partial charge in [0.2, 0.25) is 5.91 Å². The van der Waals surface area contributed by atoms with E-state index in [9.17, 15) is 14.0 Å². The van der Waals surface area contributed by atoms with Crippen LogP contribution in [0.25, 0.3) is 10.4 Å². The Hall–Kier alpha value is -3.26. The van der Waals surface area contributed by atoms with Gasteiger partial charge < -0.3 is 16.0 Å². The Kier molecular flexibility index (Phi) is 5.76. The molecule has 1 fully saturated rings. The van der Waals surface area contributed by atoms with E-state index >= 15 is 0 Å². The fourth-order valence-electron chi connectivity index (χ4n) is 3.49. The van der Waals surface area contributed by atoms with Gasteiger partial charge in [0, 0.05) is 18.0 Å². The zero-order valence-corrected chi connectivity index (χ0v) is 17.0. The van der Waals surface area contributed by atoms with Gasteiger partial charge in [-0.25, -0.2) is 9.37 Å². The number of benzene rings is 1. The lowest BCUT2D eigenvalue weighted by molar-refractivity contribution is -0.122. The highest BCUT2D eigenvalue weighted by Crippen LogP contribution is 2.29. The van der Waals surface area contributed by atoms with Crippen molar-refractivity contribution in [2.75, 3.05) is 23.3 Å². The molecule has 1 aliphatic heterocycles. The second-order valence-electron chi connectivity index (χ2n) is 7.22. The highest BCUT2D eigenvalue weighted by Gasteiger charge is 2.24. The fraction of sp³-hybridized carbons (Fsp3) is 0.227. The molecule has 30 heavy (non-hydrogen) atoms. The van der Waals surface area contributed by atoms with E-state index in [1.165, 1.54) is 23.5 Å². The molecule has 3 aromatic rings. The first-order valence-electron chi connectivity index (χ1n) is 9.67. The van der Waals surface area contributed by atoms with E-state index in [4.69, 9.17) is 5.73 Å². The standard InChI is InChI=1S/C22H21FN4O2S/c23-16-5-3-14(4-6-16)18-8-9-19(30-18)22(29)26-17-7-10-20(25-12-17)27-11-1-2-15(13-27)21(24)28/h3-10,12,15H,1-2,11,13H2,(H2,24,28)(H,26,29). The molecular weight excluding hydrogens is 403 g/mol. The van der Waals surface area contributed by atoms with E-state index in [-0.39, 0.29) is 23.5 Å². The third-order valence-corrected chi connectivity index (χ3v) is 6.25. The summed E-state index contributed by atoms with van der Waals surface area (Å²) >= 11 is 1.34. The van der Waals surface area contributed by atoms with Crippen molar-refractivity contribution in [2.24, 2.45) is 11.7 Å². The molecule has 1 atom stereocenters. The van der Waals surface area contributed by atoms with E-state index in [0.717, 1.165) is 35.6 Å². The molecule has 0 aliphatic carbocycles. The molecule has 0 radical (unpaired) electrons. The predicted molar refractivity (Wildman–Crippen MR) is 116 cm³/mol. The number of carbonyl (C=O) groups is 2. The molecule has 1 aromatic carbocycles. The number of hydrogen-bond acceptors (Lipinski definition) is 5. The van der Waals surface area contributed by atoms with Crippen LogP contribution >= 0.6 is 11.3 Å². The number of primary amides is 1. The molecule has 154 valence electrons. The summed E-state index contributed by atoms with van der Waals surface area (Å²) in [6.45, 7) is 1.39. The lowest BCUT2D eigenvalue weighted by atomic mass is 9.97. The number of piperidine rings is 1. The van der Waals surface area contributed by atoms with Crippen LogP contribution in [-0.2, 0) is 4.79 Å². The number of nitrogens with one attached hydrogen (secondary N) is 1. The maximum absolute atomic E-state index is 13.1. The van der Waals surface area contributed by atoms with Gasteiger partial charge in [0.15, 0.2) is 0 Å². The Labute approximate surface area is 177 Å². The van der Waals surface area contributed by atoms with E-state index in [1.54, 1.807) is 30.5 Å². The number of thiophene rings is 1. The minimum atomic E-state index is -0.293. The van der Waals surface area contributed by atoms with Crippen molar-refractivity contribution in [3.05, 3.63) is 65.4 Å². The van der Waals surface area contributed by atoms with Gasteiger partial charge in [-0.05, 0) is 54.8 Å². The van der Waals surface area contributed by atoms with Crippen molar-refractivity contribution in [1.29, 1.82) is 0 Å². The van der Waals surface area contributed by atoms with Gasteiger partial charge >= 0.3 is 0 Å². The van der Waals surface area contributed by atoms with E-state index < -0.39 is 0 Å². The molecule has 4 rings (SSSR count). The smallest absolute Gasteiger partial charge is 0.265 e. The molecule has 8 heteroatoms. The number of halogens is 1. The molecule has 1 saturated heterocycles. The number of amides is 2. The first-order chi connectivity index (χ1) is 14.5. The molecule has 1 aliphatic rings. The summed E-state index contributed by atoms with van der Waals surface area (Å²) in [7, 11) is 0. The monoisotopic (exact) mass is 424 g/mol. The van der Waals surface area contributed by atoms with Crippen molar-refractivity contribution >= 4 is 34.7 Å². The highest BCUT2D eigenvalue weighted by atomic mass is 32.1. The van der Waals surface area contributed by atoms with Crippen molar-refractivity contribution in [1.82, 2.24) is 4.98 Å². The third-order valence-electron chi connectivity index (χ3n) is 5.11. The third kappa shape index (κ3) is 4.49. The summed E-state index contributed by atoms with van der Waals surface area (Å²) in [5.41, 5.74) is 6.89. The maximum atomic E-state index is 13.1. The number of rotatable bonds is 5. The Bertz CT molecular complexity index is 1050. The molecule has 0 spiro atoms. The van der Waals surface area contributed by atoms with Gasteiger partial charge in [-0.2, -0.15) is 0 Å². The highest BCUT2D eigenvalue weighted by molar-refractivity contribution is 7.17. The van der Waals surface area contributed by atoms with Gasteiger partial charge in [-0.1, -0.05) is 12.1 Å². The van der Waals surface area contributed by atoms with Crippen LogP contribution in [-0.4, -0.2) is 29.9 Å². The van der Waals surface area contributed by atoms with Gasteiger partial charge in [-0.15, -0.1) is 11.3 Å². The molecule has 1 unspecified atom stereocenters. The molecule has 2 amide bonds. The number of hydrogen-bond donors (Lipinski definition) is 2. The first-order valence-corrected chi connectivity index (χ1v) is 10.5. The average Bonchev–Trinajstić information content (AvgIpc) is 3.25. The molecule has 0 bridgehead atoms. The molecule has 0 saturated carbocycles. The fourth-order valence-corrected chi connectivity index (χ4v) is 4.39. The van der Waals surface area contributed by atoms with Crippen molar-refractivity contribution < 1.29 is 14.0 Å². The topological polar surface area (TPSA) is 88.3 Å². The Morgan fingerprint density at radius 3 is 2.63 bits per heavy atom. The van der Waals surface area contributed by atoms with Gasteiger partial charge in [-0.3, -0.25) is 9.59 Å². The number of anilines is 2. The van der Waals surface area contributed by atoms with Crippen LogP contribution < -0.4 is 16.0 Å². The number of carbonyl (C=O) groups excluding carboxylic acids is 2.